The summed E-state index contributed by atoms with van der Waals surface area (Å²) in [6.07, 6.45) is 1.68. The summed E-state index contributed by atoms with van der Waals surface area (Å²) in [4.78, 5) is 12.4. The fourth-order valence-corrected chi connectivity index (χ4v) is 3.03. The SMILES string of the molecule is C=C[C@H](c1ccc(Br)cc1)[C@@H](NS(=O)C(C)(C)C)C(=O)OCC. The lowest BCUT2D eigenvalue weighted by Crippen LogP contribution is -2.47. The van der Waals surface area contributed by atoms with Gasteiger partial charge < -0.3 is 4.74 Å². The lowest BCUT2D eigenvalue weighted by atomic mass is 9.92. The van der Waals surface area contributed by atoms with Crippen LogP contribution in [-0.2, 0) is 20.5 Å². The molecule has 1 aromatic carbocycles. The van der Waals surface area contributed by atoms with Gasteiger partial charge in [0.05, 0.1) is 22.3 Å². The Bertz CT molecular complexity index is 566. The Morgan fingerprint density at radius 2 is 1.96 bits per heavy atom. The highest BCUT2D eigenvalue weighted by Gasteiger charge is 2.33. The second kappa shape index (κ2) is 8.76. The van der Waals surface area contributed by atoms with Crippen LogP contribution in [0.3, 0.4) is 0 Å². The van der Waals surface area contributed by atoms with Crippen LogP contribution in [0.25, 0.3) is 0 Å². The zero-order valence-electron chi connectivity index (χ0n) is 14.0. The van der Waals surface area contributed by atoms with Gasteiger partial charge in [-0.1, -0.05) is 34.1 Å². The van der Waals surface area contributed by atoms with E-state index in [2.05, 4.69) is 27.2 Å². The molecule has 1 rings (SSSR count). The van der Waals surface area contributed by atoms with Crippen molar-refractivity contribution in [3.63, 3.8) is 0 Å². The van der Waals surface area contributed by atoms with E-state index in [4.69, 9.17) is 4.74 Å². The van der Waals surface area contributed by atoms with E-state index >= 15 is 0 Å². The molecule has 0 amide bonds. The molecule has 1 N–H and O–H groups in total. The van der Waals surface area contributed by atoms with Gasteiger partial charge in [0.2, 0.25) is 0 Å². The van der Waals surface area contributed by atoms with Crippen LogP contribution in [0.1, 0.15) is 39.2 Å². The second-order valence-corrected chi connectivity index (χ2v) is 8.96. The zero-order valence-corrected chi connectivity index (χ0v) is 16.4. The molecule has 0 aliphatic heterocycles. The molecule has 0 heterocycles. The number of benzene rings is 1. The first-order valence-corrected chi connectivity index (χ1v) is 9.37. The molecule has 1 aromatic rings. The number of esters is 1. The Morgan fingerprint density at radius 3 is 2.39 bits per heavy atom. The van der Waals surface area contributed by atoms with Crippen LogP contribution < -0.4 is 4.72 Å². The number of hydrogen-bond donors (Lipinski definition) is 1. The average molecular weight is 402 g/mol. The van der Waals surface area contributed by atoms with E-state index in [-0.39, 0.29) is 12.5 Å². The molecule has 128 valence electrons. The number of ether oxygens (including phenoxy) is 1. The maximum atomic E-state index is 12.4. The minimum absolute atomic E-state index is 0.267. The van der Waals surface area contributed by atoms with Crippen molar-refractivity contribution in [3.8, 4) is 0 Å². The first-order valence-electron chi connectivity index (χ1n) is 7.43. The molecule has 0 saturated heterocycles. The predicted octanol–water partition coefficient (Wildman–Crippen LogP) is 3.70. The van der Waals surface area contributed by atoms with Gasteiger partial charge in [0.15, 0.2) is 0 Å². The molecule has 0 bridgehead atoms. The molecule has 1 unspecified atom stereocenters. The van der Waals surface area contributed by atoms with Gasteiger partial charge >= 0.3 is 5.97 Å². The third kappa shape index (κ3) is 5.86. The van der Waals surface area contributed by atoms with E-state index < -0.39 is 27.7 Å². The van der Waals surface area contributed by atoms with Crippen molar-refractivity contribution in [1.29, 1.82) is 0 Å². The maximum absolute atomic E-state index is 12.4. The highest BCUT2D eigenvalue weighted by atomic mass is 79.9. The number of carbonyl (C=O) groups excluding carboxylic acids is 1. The fourth-order valence-electron chi connectivity index (χ4n) is 1.94. The van der Waals surface area contributed by atoms with E-state index in [1.807, 2.05) is 45.0 Å². The van der Waals surface area contributed by atoms with Gasteiger partial charge in [-0.2, -0.15) is 0 Å². The summed E-state index contributed by atoms with van der Waals surface area (Å²) in [6.45, 7) is 11.4. The zero-order chi connectivity index (χ0) is 17.6. The van der Waals surface area contributed by atoms with Crippen LogP contribution in [-0.4, -0.2) is 27.6 Å². The molecule has 0 aromatic heterocycles. The predicted molar refractivity (Wildman–Crippen MR) is 98.5 cm³/mol. The monoisotopic (exact) mass is 401 g/mol. The number of halogens is 1. The number of carbonyl (C=O) groups is 1. The molecule has 3 atom stereocenters. The lowest BCUT2D eigenvalue weighted by Gasteiger charge is -2.27. The van der Waals surface area contributed by atoms with Gasteiger partial charge in [-0.05, 0) is 45.4 Å². The van der Waals surface area contributed by atoms with Gasteiger partial charge in [0.25, 0.3) is 0 Å². The summed E-state index contributed by atoms with van der Waals surface area (Å²) in [5.41, 5.74) is 0.902. The van der Waals surface area contributed by atoms with Crippen molar-refractivity contribution < 1.29 is 13.7 Å². The minimum atomic E-state index is -1.40. The van der Waals surface area contributed by atoms with Gasteiger partial charge in [-0.3, -0.25) is 4.79 Å². The largest absolute Gasteiger partial charge is 0.465 e. The molecule has 23 heavy (non-hydrogen) atoms. The van der Waals surface area contributed by atoms with Crippen molar-refractivity contribution in [1.82, 2.24) is 4.72 Å². The number of hydrogen-bond acceptors (Lipinski definition) is 3. The van der Waals surface area contributed by atoms with E-state index in [0.29, 0.717) is 0 Å². The summed E-state index contributed by atoms with van der Waals surface area (Å²) >= 11 is 3.39. The van der Waals surface area contributed by atoms with Crippen LogP contribution in [0.5, 0.6) is 0 Å². The summed E-state index contributed by atoms with van der Waals surface area (Å²) in [5.74, 6) is -0.772. The van der Waals surface area contributed by atoms with Gasteiger partial charge in [0, 0.05) is 10.4 Å². The molecular weight excluding hydrogens is 378 g/mol. The Kier molecular flexibility index (Phi) is 7.64. The molecule has 0 fully saturated rings. The summed E-state index contributed by atoms with van der Waals surface area (Å²) < 4.78 is 21.0. The molecule has 0 saturated carbocycles. The van der Waals surface area contributed by atoms with Crippen molar-refractivity contribution in [2.75, 3.05) is 6.61 Å². The van der Waals surface area contributed by atoms with Crippen molar-refractivity contribution in [3.05, 3.63) is 47.0 Å². The second-order valence-electron chi connectivity index (χ2n) is 6.04. The van der Waals surface area contributed by atoms with Gasteiger partial charge in [0.1, 0.15) is 6.04 Å². The highest BCUT2D eigenvalue weighted by Crippen LogP contribution is 2.25. The summed E-state index contributed by atoms with van der Waals surface area (Å²) in [7, 11) is -1.40. The van der Waals surface area contributed by atoms with Gasteiger partial charge in [-0.25, -0.2) is 8.93 Å². The molecule has 0 spiro atoms. The first-order chi connectivity index (χ1) is 10.7. The van der Waals surface area contributed by atoms with Crippen molar-refractivity contribution >= 4 is 32.9 Å². The number of nitrogens with one attached hydrogen (secondary N) is 1. The van der Waals surface area contributed by atoms with E-state index in [1.54, 1.807) is 13.0 Å². The topological polar surface area (TPSA) is 55.4 Å². The van der Waals surface area contributed by atoms with Crippen molar-refractivity contribution in [2.45, 2.75) is 44.4 Å². The smallest absolute Gasteiger partial charge is 0.325 e. The standard InChI is InChI=1S/C17H24BrNO3S/c1-6-14(12-8-10-13(18)11-9-12)15(16(20)22-7-2)19-23(21)17(3,4)5/h6,8-11,14-15,19H,1,7H2,2-5H3/t14-,15-,23?/m1/s1. The fraction of sp³-hybridized carbons (Fsp3) is 0.471. The van der Waals surface area contributed by atoms with Crippen LogP contribution >= 0.6 is 15.9 Å². The molecule has 4 nitrogen and oxygen atoms in total. The maximum Gasteiger partial charge on any atom is 0.325 e. The summed E-state index contributed by atoms with van der Waals surface area (Å²) in [5, 5.41) is 0. The third-order valence-corrected chi connectivity index (χ3v) is 5.31. The highest BCUT2D eigenvalue weighted by molar-refractivity contribution is 9.10. The normalized spacial score (nSPS) is 15.5. The summed E-state index contributed by atoms with van der Waals surface area (Å²) in [6, 6.07) is 6.85. The molecule has 6 heteroatoms. The minimum Gasteiger partial charge on any atom is -0.465 e. The molecule has 0 aliphatic rings. The van der Waals surface area contributed by atoms with Crippen LogP contribution in [0.4, 0.5) is 0 Å². The molecule has 0 aliphatic carbocycles. The Balaban J connectivity index is 3.14. The molecular formula is C17H24BrNO3S. The Labute approximate surface area is 149 Å². The number of rotatable bonds is 7. The Morgan fingerprint density at radius 1 is 1.39 bits per heavy atom. The lowest BCUT2D eigenvalue weighted by molar-refractivity contribution is -0.145. The van der Waals surface area contributed by atoms with Crippen LogP contribution in [0.15, 0.2) is 41.4 Å². The quantitative estimate of drug-likeness (QED) is 0.559. The Hall–Kier alpha value is -0.980. The van der Waals surface area contributed by atoms with Crippen molar-refractivity contribution in [2.24, 2.45) is 0 Å². The van der Waals surface area contributed by atoms with E-state index in [0.717, 1.165) is 10.0 Å². The van der Waals surface area contributed by atoms with Gasteiger partial charge in [-0.15, -0.1) is 6.58 Å². The van der Waals surface area contributed by atoms with Crippen LogP contribution in [0, 0.1) is 0 Å². The van der Waals surface area contributed by atoms with E-state index in [1.165, 1.54) is 0 Å². The van der Waals surface area contributed by atoms with E-state index in [9.17, 15) is 9.00 Å². The van der Waals surface area contributed by atoms with Crippen LogP contribution in [0.2, 0.25) is 0 Å². The first kappa shape index (κ1) is 20.1. The molecule has 0 radical (unpaired) electrons. The third-order valence-electron chi connectivity index (χ3n) is 3.20. The average Bonchev–Trinajstić information content (AvgIpc) is 2.47.